The van der Waals surface area contributed by atoms with Crippen LogP contribution in [0.1, 0.15) is 23.7 Å². The summed E-state index contributed by atoms with van der Waals surface area (Å²) in [6.45, 7) is 1.56. The van der Waals surface area contributed by atoms with Crippen LogP contribution in [0.15, 0.2) is 60.2 Å². The molecule has 0 aromatic heterocycles. The van der Waals surface area contributed by atoms with Gasteiger partial charge in [-0.3, -0.25) is 19.3 Å². The predicted octanol–water partition coefficient (Wildman–Crippen LogP) is 3.84. The number of hydrogen-bond acceptors (Lipinski definition) is 5. The Bertz CT molecular complexity index is 1210. The summed E-state index contributed by atoms with van der Waals surface area (Å²) in [4.78, 5) is 51.6. The molecule has 168 valence electrons. The van der Waals surface area contributed by atoms with Gasteiger partial charge in [-0.05, 0) is 67.6 Å². The third kappa shape index (κ3) is 3.72. The van der Waals surface area contributed by atoms with Crippen LogP contribution in [0, 0.1) is 23.7 Å². The van der Waals surface area contributed by atoms with E-state index in [1.54, 1.807) is 36.4 Å². The molecule has 1 saturated carbocycles. The first kappa shape index (κ1) is 21.4. The Hall–Kier alpha value is -3.45. The van der Waals surface area contributed by atoms with E-state index >= 15 is 0 Å². The number of ether oxygens (including phenoxy) is 1. The number of benzene rings is 2. The Kier molecular flexibility index (Phi) is 5.29. The number of halogens is 1. The zero-order valence-electron chi connectivity index (χ0n) is 17.8. The number of fused-ring (bicyclic) bond motifs is 5. The van der Waals surface area contributed by atoms with Crippen LogP contribution in [0.4, 0.5) is 11.4 Å². The highest BCUT2D eigenvalue weighted by Gasteiger charge is 2.60. The maximum atomic E-state index is 13.0. The number of carbonyl (C=O) groups excluding carboxylic acids is 4. The van der Waals surface area contributed by atoms with Crippen molar-refractivity contribution in [2.75, 3.05) is 16.8 Å². The van der Waals surface area contributed by atoms with Gasteiger partial charge in [0.15, 0.2) is 6.61 Å². The Morgan fingerprint density at radius 3 is 2.55 bits per heavy atom. The summed E-state index contributed by atoms with van der Waals surface area (Å²) >= 11 is 5.88. The minimum Gasteiger partial charge on any atom is -0.452 e. The van der Waals surface area contributed by atoms with E-state index in [9.17, 15) is 19.2 Å². The number of rotatable bonds is 5. The molecule has 0 unspecified atom stereocenters. The van der Waals surface area contributed by atoms with Gasteiger partial charge in [-0.15, -0.1) is 0 Å². The van der Waals surface area contributed by atoms with Crippen molar-refractivity contribution < 1.29 is 23.9 Å². The zero-order chi connectivity index (χ0) is 23.3. The van der Waals surface area contributed by atoms with Crippen LogP contribution in [-0.4, -0.2) is 30.3 Å². The molecule has 1 saturated heterocycles. The highest BCUT2D eigenvalue weighted by atomic mass is 35.5. The molecule has 5 rings (SSSR count). The monoisotopic (exact) mass is 464 g/mol. The van der Waals surface area contributed by atoms with Crippen molar-refractivity contribution in [3.8, 4) is 0 Å². The molecule has 2 bridgehead atoms. The van der Waals surface area contributed by atoms with Crippen LogP contribution in [0.2, 0.25) is 5.02 Å². The lowest BCUT2D eigenvalue weighted by atomic mass is 9.82. The van der Waals surface area contributed by atoms with Gasteiger partial charge < -0.3 is 10.1 Å². The molecule has 1 N–H and O–H groups in total. The summed E-state index contributed by atoms with van der Waals surface area (Å²) in [6, 6.07) is 12.7. The van der Waals surface area contributed by atoms with Gasteiger partial charge in [-0.2, -0.15) is 0 Å². The fourth-order valence-corrected chi connectivity index (χ4v) is 5.44. The van der Waals surface area contributed by atoms with E-state index in [4.69, 9.17) is 16.3 Å². The maximum absolute atomic E-state index is 13.0. The zero-order valence-corrected chi connectivity index (χ0v) is 18.5. The van der Waals surface area contributed by atoms with Gasteiger partial charge in [0.25, 0.3) is 5.91 Å². The molecule has 1 heterocycles. The summed E-state index contributed by atoms with van der Waals surface area (Å²) < 4.78 is 5.07. The van der Waals surface area contributed by atoms with Crippen LogP contribution >= 0.6 is 11.6 Å². The molecular formula is C25H21ClN2O5. The van der Waals surface area contributed by atoms with Crippen LogP contribution in [0.25, 0.3) is 0 Å². The van der Waals surface area contributed by atoms with Gasteiger partial charge in [0, 0.05) is 10.7 Å². The summed E-state index contributed by atoms with van der Waals surface area (Å²) in [6.07, 6.45) is 3.00. The third-order valence-corrected chi connectivity index (χ3v) is 6.92. The largest absolute Gasteiger partial charge is 0.452 e. The van der Waals surface area contributed by atoms with Crippen LogP contribution in [-0.2, 0) is 19.1 Å². The van der Waals surface area contributed by atoms with Crippen molar-refractivity contribution in [1.29, 1.82) is 0 Å². The Morgan fingerprint density at radius 1 is 1.09 bits per heavy atom. The molecule has 7 nitrogen and oxygen atoms in total. The second-order valence-electron chi connectivity index (χ2n) is 8.66. The second kappa shape index (κ2) is 8.15. The highest BCUT2D eigenvalue weighted by Crippen LogP contribution is 2.55. The fraction of sp³-hybridized carbons (Fsp3) is 0.280. The van der Waals surface area contributed by atoms with Gasteiger partial charge >= 0.3 is 5.97 Å². The molecule has 8 heteroatoms. The smallest absolute Gasteiger partial charge is 0.338 e. The summed E-state index contributed by atoms with van der Waals surface area (Å²) in [5.74, 6) is -1.81. The van der Waals surface area contributed by atoms with Crippen LogP contribution < -0.4 is 10.2 Å². The number of anilines is 2. The Balaban J connectivity index is 1.21. The van der Waals surface area contributed by atoms with Crippen molar-refractivity contribution in [1.82, 2.24) is 0 Å². The molecule has 2 aromatic carbocycles. The first-order chi connectivity index (χ1) is 15.8. The SMILES string of the molecule is CC1=C[C@H]2C[C@H]1[C@H]1C(=O)N(c3ccc(C(=O)OCC(=O)Nc4cccc(Cl)c4)cc3)C(=O)[C@@H]12. The second-order valence-corrected chi connectivity index (χ2v) is 9.10. The number of amides is 3. The van der Waals surface area contributed by atoms with E-state index in [0.717, 1.165) is 6.42 Å². The van der Waals surface area contributed by atoms with Crippen LogP contribution in [0.3, 0.4) is 0 Å². The maximum Gasteiger partial charge on any atom is 0.338 e. The average molecular weight is 465 g/mol. The topological polar surface area (TPSA) is 92.8 Å². The van der Waals surface area contributed by atoms with Crippen molar-refractivity contribution in [2.45, 2.75) is 13.3 Å². The standard InChI is InChI=1S/C25H21ClN2O5/c1-13-9-15-10-19(13)22-21(15)23(30)28(24(22)31)18-7-5-14(6-8-18)25(32)33-12-20(29)27-17-4-2-3-16(26)11-17/h2-9,11,15,19,21-22H,10,12H2,1H3,(H,27,29)/t15-,19+,21+,22+/m0/s1. The number of hydrogen-bond donors (Lipinski definition) is 1. The molecule has 4 atom stereocenters. The molecule has 33 heavy (non-hydrogen) atoms. The number of esters is 1. The first-order valence-corrected chi connectivity index (χ1v) is 11.1. The summed E-state index contributed by atoms with van der Waals surface area (Å²) in [5.41, 5.74) is 2.34. The molecule has 2 fully saturated rings. The van der Waals surface area contributed by atoms with Gasteiger partial charge in [0.05, 0.1) is 23.1 Å². The Labute approximate surface area is 195 Å². The molecule has 2 aromatic rings. The summed E-state index contributed by atoms with van der Waals surface area (Å²) in [5, 5.41) is 3.07. The number of allylic oxidation sites excluding steroid dienone is 2. The highest BCUT2D eigenvalue weighted by molar-refractivity contribution is 6.30. The van der Waals surface area contributed by atoms with Crippen molar-refractivity contribution in [2.24, 2.45) is 23.7 Å². The average Bonchev–Trinajstić information content (AvgIpc) is 3.42. The van der Waals surface area contributed by atoms with E-state index in [0.29, 0.717) is 16.4 Å². The fourth-order valence-electron chi connectivity index (χ4n) is 5.25. The molecule has 3 aliphatic rings. The normalized spacial score (nSPS) is 25.2. The quantitative estimate of drug-likeness (QED) is 0.412. The molecular weight excluding hydrogens is 444 g/mol. The van der Waals surface area contributed by atoms with Crippen LogP contribution in [0.5, 0.6) is 0 Å². The van der Waals surface area contributed by atoms with Crippen molar-refractivity contribution in [3.63, 3.8) is 0 Å². The van der Waals surface area contributed by atoms with E-state index in [-0.39, 0.29) is 41.0 Å². The lowest BCUT2D eigenvalue weighted by molar-refractivity contribution is -0.123. The molecule has 0 radical (unpaired) electrons. The van der Waals surface area contributed by atoms with E-state index in [2.05, 4.69) is 11.4 Å². The first-order valence-electron chi connectivity index (χ1n) is 10.7. The lowest BCUT2D eigenvalue weighted by Crippen LogP contribution is -2.33. The Morgan fingerprint density at radius 2 is 1.82 bits per heavy atom. The number of imide groups is 1. The lowest BCUT2D eigenvalue weighted by Gasteiger charge is -2.19. The predicted molar refractivity (Wildman–Crippen MR) is 122 cm³/mol. The van der Waals surface area contributed by atoms with Gasteiger partial charge in [0.1, 0.15) is 0 Å². The van der Waals surface area contributed by atoms with E-state index < -0.39 is 18.5 Å². The molecule has 1 aliphatic heterocycles. The minimum atomic E-state index is -0.684. The van der Waals surface area contributed by atoms with Gasteiger partial charge in [-0.25, -0.2) is 4.79 Å². The van der Waals surface area contributed by atoms with Crippen molar-refractivity contribution in [3.05, 3.63) is 70.8 Å². The van der Waals surface area contributed by atoms with E-state index in [1.807, 2.05) is 6.92 Å². The molecule has 0 spiro atoms. The number of nitrogens with one attached hydrogen (secondary N) is 1. The molecule has 2 aliphatic carbocycles. The molecule has 3 amide bonds. The number of nitrogens with zero attached hydrogens (tertiary/aromatic N) is 1. The number of carbonyl (C=O) groups is 4. The minimum absolute atomic E-state index is 0.133. The van der Waals surface area contributed by atoms with Gasteiger partial charge in [0.2, 0.25) is 11.8 Å². The van der Waals surface area contributed by atoms with Crippen molar-refractivity contribution >= 4 is 46.7 Å². The summed E-state index contributed by atoms with van der Waals surface area (Å²) in [7, 11) is 0. The third-order valence-electron chi connectivity index (χ3n) is 6.68. The van der Waals surface area contributed by atoms with Gasteiger partial charge in [-0.1, -0.05) is 29.3 Å². The van der Waals surface area contributed by atoms with E-state index in [1.165, 1.54) is 22.6 Å².